The van der Waals surface area contributed by atoms with Crippen LogP contribution in [0.4, 0.5) is 5.69 Å². The van der Waals surface area contributed by atoms with Gasteiger partial charge in [0, 0.05) is 25.3 Å². The lowest BCUT2D eigenvalue weighted by molar-refractivity contribution is -0.126. The van der Waals surface area contributed by atoms with Crippen LogP contribution in [0.15, 0.2) is 30.3 Å². The van der Waals surface area contributed by atoms with Gasteiger partial charge in [0.15, 0.2) is 0 Å². The predicted octanol–water partition coefficient (Wildman–Crippen LogP) is 2.14. The first-order valence-electron chi connectivity index (χ1n) is 7.23. The van der Waals surface area contributed by atoms with Crippen molar-refractivity contribution >= 4 is 11.6 Å². The van der Waals surface area contributed by atoms with Crippen LogP contribution in [0, 0.1) is 0 Å². The first-order chi connectivity index (χ1) is 9.38. The number of carbonyl (C=O) groups excluding carboxylic acids is 1. The summed E-state index contributed by atoms with van der Waals surface area (Å²) in [6.07, 6.45) is 1.60. The Hall–Kier alpha value is -1.55. The van der Waals surface area contributed by atoms with Crippen LogP contribution in [-0.2, 0) is 4.79 Å². The Morgan fingerprint density at radius 2 is 2.00 bits per heavy atom. The molecule has 0 saturated carbocycles. The summed E-state index contributed by atoms with van der Waals surface area (Å²) in [6, 6.07) is 10.3. The number of rotatable bonds is 7. The summed E-state index contributed by atoms with van der Waals surface area (Å²) in [5.74, 6) is -0.0762. The van der Waals surface area contributed by atoms with E-state index in [1.54, 1.807) is 6.92 Å². The van der Waals surface area contributed by atoms with E-state index in [1.807, 2.05) is 32.2 Å². The van der Waals surface area contributed by atoms with E-state index in [0.717, 1.165) is 12.1 Å². The standard InChI is InChI=1S/C16H27N3O/c1-5-11-16(3,17)15(20)18-12-13(2)19(4)14-9-7-6-8-10-14/h6-10,13H,5,11-12,17H2,1-4H3,(H,18,20). The van der Waals surface area contributed by atoms with Crippen molar-refractivity contribution in [3.63, 3.8) is 0 Å². The van der Waals surface area contributed by atoms with Crippen LogP contribution in [-0.4, -0.2) is 31.1 Å². The number of nitrogens with two attached hydrogens (primary N) is 1. The number of nitrogens with zero attached hydrogens (tertiary/aromatic N) is 1. The minimum atomic E-state index is -0.778. The van der Waals surface area contributed by atoms with Crippen molar-refractivity contribution in [1.29, 1.82) is 0 Å². The van der Waals surface area contributed by atoms with Crippen LogP contribution < -0.4 is 16.0 Å². The highest BCUT2D eigenvalue weighted by Crippen LogP contribution is 2.14. The smallest absolute Gasteiger partial charge is 0.239 e. The lowest BCUT2D eigenvalue weighted by Gasteiger charge is -2.29. The van der Waals surface area contributed by atoms with Crippen LogP contribution in [0.1, 0.15) is 33.6 Å². The zero-order valence-corrected chi connectivity index (χ0v) is 13.0. The Morgan fingerprint density at radius 1 is 1.40 bits per heavy atom. The summed E-state index contributed by atoms with van der Waals surface area (Å²) in [7, 11) is 2.03. The Labute approximate surface area is 122 Å². The van der Waals surface area contributed by atoms with E-state index in [2.05, 4.69) is 29.3 Å². The zero-order valence-electron chi connectivity index (χ0n) is 13.0. The summed E-state index contributed by atoms with van der Waals surface area (Å²) in [5.41, 5.74) is 6.38. The van der Waals surface area contributed by atoms with Gasteiger partial charge < -0.3 is 16.0 Å². The van der Waals surface area contributed by atoms with Gasteiger partial charge in [-0.1, -0.05) is 31.5 Å². The van der Waals surface area contributed by atoms with E-state index in [4.69, 9.17) is 5.73 Å². The van der Waals surface area contributed by atoms with Crippen molar-refractivity contribution in [2.45, 2.75) is 45.2 Å². The largest absolute Gasteiger partial charge is 0.370 e. The molecule has 0 radical (unpaired) electrons. The third-order valence-electron chi connectivity index (χ3n) is 3.67. The van der Waals surface area contributed by atoms with Gasteiger partial charge in [-0.05, 0) is 32.4 Å². The normalized spacial score (nSPS) is 15.2. The molecule has 0 saturated heterocycles. The van der Waals surface area contributed by atoms with Gasteiger partial charge in [0.2, 0.25) is 5.91 Å². The highest BCUT2D eigenvalue weighted by Gasteiger charge is 2.27. The minimum absolute atomic E-state index is 0.0762. The van der Waals surface area contributed by atoms with Crippen molar-refractivity contribution in [3.05, 3.63) is 30.3 Å². The third-order valence-corrected chi connectivity index (χ3v) is 3.67. The van der Waals surface area contributed by atoms with Gasteiger partial charge in [-0.15, -0.1) is 0 Å². The second-order valence-corrected chi connectivity index (χ2v) is 5.67. The van der Waals surface area contributed by atoms with Gasteiger partial charge >= 0.3 is 0 Å². The molecule has 1 amide bonds. The van der Waals surface area contributed by atoms with Crippen LogP contribution in [0.2, 0.25) is 0 Å². The lowest BCUT2D eigenvalue weighted by Crippen LogP contribution is -2.53. The number of hydrogen-bond donors (Lipinski definition) is 2. The van der Waals surface area contributed by atoms with Gasteiger partial charge in [0.1, 0.15) is 0 Å². The first kappa shape index (κ1) is 16.5. The van der Waals surface area contributed by atoms with Crippen LogP contribution in [0.25, 0.3) is 0 Å². The average molecular weight is 277 g/mol. The number of likely N-dealkylation sites (N-methyl/N-ethyl adjacent to an activating group) is 1. The van der Waals surface area contributed by atoms with Gasteiger partial charge in [0.25, 0.3) is 0 Å². The Bertz CT molecular complexity index is 417. The molecule has 0 aromatic heterocycles. The van der Waals surface area contributed by atoms with Crippen molar-refractivity contribution < 1.29 is 4.79 Å². The quantitative estimate of drug-likeness (QED) is 0.803. The van der Waals surface area contributed by atoms with Gasteiger partial charge in [-0.2, -0.15) is 0 Å². The second kappa shape index (κ2) is 7.29. The van der Waals surface area contributed by atoms with Gasteiger partial charge in [0.05, 0.1) is 5.54 Å². The molecule has 0 aliphatic heterocycles. The molecular formula is C16H27N3O. The van der Waals surface area contributed by atoms with E-state index in [1.165, 1.54) is 0 Å². The number of amides is 1. The molecule has 1 rings (SSSR count). The molecule has 1 aromatic carbocycles. The Morgan fingerprint density at radius 3 is 2.55 bits per heavy atom. The number of nitrogens with one attached hydrogen (secondary N) is 1. The summed E-state index contributed by atoms with van der Waals surface area (Å²) in [6.45, 7) is 6.49. The molecule has 1 aromatic rings. The highest BCUT2D eigenvalue weighted by molar-refractivity contribution is 5.85. The molecule has 0 aliphatic rings. The molecule has 2 atom stereocenters. The van der Waals surface area contributed by atoms with Gasteiger partial charge in [-0.25, -0.2) is 0 Å². The zero-order chi connectivity index (χ0) is 15.2. The maximum atomic E-state index is 12.1. The van der Waals surface area contributed by atoms with E-state index in [0.29, 0.717) is 13.0 Å². The lowest BCUT2D eigenvalue weighted by atomic mass is 9.96. The predicted molar refractivity (Wildman–Crippen MR) is 84.8 cm³/mol. The molecule has 112 valence electrons. The summed E-state index contributed by atoms with van der Waals surface area (Å²) in [5, 5.41) is 2.95. The molecule has 0 spiro atoms. The number of benzene rings is 1. The maximum absolute atomic E-state index is 12.1. The summed E-state index contributed by atoms with van der Waals surface area (Å²) >= 11 is 0. The fourth-order valence-corrected chi connectivity index (χ4v) is 2.13. The highest BCUT2D eigenvalue weighted by atomic mass is 16.2. The molecule has 0 fully saturated rings. The van der Waals surface area contributed by atoms with E-state index < -0.39 is 5.54 Å². The van der Waals surface area contributed by atoms with Crippen LogP contribution in [0.3, 0.4) is 0 Å². The summed E-state index contributed by atoms with van der Waals surface area (Å²) in [4.78, 5) is 14.2. The summed E-state index contributed by atoms with van der Waals surface area (Å²) < 4.78 is 0. The fraction of sp³-hybridized carbons (Fsp3) is 0.562. The van der Waals surface area contributed by atoms with Crippen molar-refractivity contribution in [3.8, 4) is 0 Å². The minimum Gasteiger partial charge on any atom is -0.370 e. The van der Waals surface area contributed by atoms with Crippen molar-refractivity contribution in [2.75, 3.05) is 18.5 Å². The van der Waals surface area contributed by atoms with Crippen molar-refractivity contribution in [2.24, 2.45) is 5.73 Å². The van der Waals surface area contributed by atoms with Gasteiger partial charge in [-0.3, -0.25) is 4.79 Å². The van der Waals surface area contributed by atoms with Crippen LogP contribution in [0.5, 0.6) is 0 Å². The third kappa shape index (κ3) is 4.53. The molecule has 3 N–H and O–H groups in total. The van der Waals surface area contributed by atoms with E-state index in [9.17, 15) is 4.79 Å². The molecule has 0 heterocycles. The molecular weight excluding hydrogens is 250 g/mol. The van der Waals surface area contributed by atoms with Crippen LogP contribution >= 0.6 is 0 Å². The monoisotopic (exact) mass is 277 g/mol. The van der Waals surface area contributed by atoms with Crippen molar-refractivity contribution in [1.82, 2.24) is 5.32 Å². The second-order valence-electron chi connectivity index (χ2n) is 5.67. The number of carbonyl (C=O) groups is 1. The molecule has 0 bridgehead atoms. The van der Waals surface area contributed by atoms with E-state index in [-0.39, 0.29) is 11.9 Å². The fourth-order valence-electron chi connectivity index (χ4n) is 2.13. The Kier molecular flexibility index (Phi) is 6.02. The number of hydrogen-bond acceptors (Lipinski definition) is 3. The molecule has 2 unspecified atom stereocenters. The average Bonchev–Trinajstić information content (AvgIpc) is 2.44. The Balaban J connectivity index is 2.51. The SMILES string of the molecule is CCCC(C)(N)C(=O)NCC(C)N(C)c1ccccc1. The molecule has 20 heavy (non-hydrogen) atoms. The number of anilines is 1. The molecule has 4 nitrogen and oxygen atoms in total. The molecule has 0 aliphatic carbocycles. The number of para-hydroxylation sites is 1. The topological polar surface area (TPSA) is 58.4 Å². The van der Waals surface area contributed by atoms with E-state index >= 15 is 0 Å². The molecule has 4 heteroatoms. The first-order valence-corrected chi connectivity index (χ1v) is 7.23. The maximum Gasteiger partial charge on any atom is 0.239 e.